The van der Waals surface area contributed by atoms with Gasteiger partial charge in [-0.05, 0) is 48.5 Å². The number of carbonyl (C=O) groups is 2. The number of amides is 2. The predicted molar refractivity (Wildman–Crippen MR) is 96.4 cm³/mol. The molecule has 3 aromatic rings. The highest BCUT2D eigenvalue weighted by Crippen LogP contribution is 2.22. The number of aromatic hydroxyl groups is 2. The van der Waals surface area contributed by atoms with E-state index in [4.69, 9.17) is 0 Å². The number of anilines is 2. The summed E-state index contributed by atoms with van der Waals surface area (Å²) in [6.07, 6.45) is 3.05. The zero-order valence-corrected chi connectivity index (χ0v) is 13.5. The maximum atomic E-state index is 12.2. The number of nitrogens with one attached hydrogen (secondary N) is 2. The molecule has 0 spiro atoms. The van der Waals surface area contributed by atoms with Crippen molar-refractivity contribution in [2.45, 2.75) is 0 Å². The third kappa shape index (κ3) is 4.15. The minimum Gasteiger partial charge on any atom is -0.508 e. The van der Waals surface area contributed by atoms with Gasteiger partial charge in [-0.25, -0.2) is 0 Å². The van der Waals surface area contributed by atoms with E-state index in [2.05, 4.69) is 15.6 Å². The molecule has 0 saturated carbocycles. The van der Waals surface area contributed by atoms with Crippen molar-refractivity contribution in [1.29, 1.82) is 0 Å². The topological polar surface area (TPSA) is 112 Å². The number of hydrogen-bond donors (Lipinski definition) is 4. The fourth-order valence-electron chi connectivity index (χ4n) is 2.27. The van der Waals surface area contributed by atoms with E-state index < -0.39 is 5.91 Å². The number of phenols is 2. The monoisotopic (exact) mass is 349 g/mol. The minimum atomic E-state index is -0.483. The van der Waals surface area contributed by atoms with Gasteiger partial charge in [0, 0.05) is 35.4 Å². The van der Waals surface area contributed by atoms with Gasteiger partial charge in [0.05, 0.1) is 5.56 Å². The van der Waals surface area contributed by atoms with E-state index in [0.717, 1.165) is 6.07 Å². The van der Waals surface area contributed by atoms with Gasteiger partial charge in [0.1, 0.15) is 11.5 Å². The van der Waals surface area contributed by atoms with E-state index in [1.54, 1.807) is 42.6 Å². The maximum Gasteiger partial charge on any atom is 0.257 e. The first-order chi connectivity index (χ1) is 12.5. The molecular formula is C19H15N3O4. The number of carbonyl (C=O) groups excluding carboxylic acids is 2. The van der Waals surface area contributed by atoms with Crippen molar-refractivity contribution in [2.75, 3.05) is 10.6 Å². The molecule has 2 amide bonds. The number of nitrogens with zero attached hydrogens (tertiary/aromatic N) is 1. The first-order valence-electron chi connectivity index (χ1n) is 7.67. The smallest absolute Gasteiger partial charge is 0.257 e. The lowest BCUT2D eigenvalue weighted by atomic mass is 10.2. The van der Waals surface area contributed by atoms with Crippen LogP contribution in [0.4, 0.5) is 11.4 Å². The molecule has 0 aliphatic heterocycles. The summed E-state index contributed by atoms with van der Waals surface area (Å²) in [7, 11) is 0. The average molecular weight is 349 g/mol. The molecule has 130 valence electrons. The Balaban J connectivity index is 1.66. The number of benzene rings is 2. The Bertz CT molecular complexity index is 921. The molecular weight excluding hydrogens is 334 g/mol. The Morgan fingerprint density at radius 2 is 1.31 bits per heavy atom. The molecule has 1 aromatic heterocycles. The van der Waals surface area contributed by atoms with Gasteiger partial charge in [0.15, 0.2) is 0 Å². The van der Waals surface area contributed by atoms with E-state index in [-0.39, 0.29) is 23.0 Å². The van der Waals surface area contributed by atoms with E-state index in [9.17, 15) is 19.8 Å². The number of aromatic nitrogens is 1. The van der Waals surface area contributed by atoms with Crippen LogP contribution in [-0.2, 0) is 0 Å². The summed E-state index contributed by atoms with van der Waals surface area (Å²) in [5.41, 5.74) is 1.62. The van der Waals surface area contributed by atoms with Crippen molar-refractivity contribution in [3.8, 4) is 11.5 Å². The molecule has 0 unspecified atom stereocenters. The maximum absolute atomic E-state index is 12.2. The van der Waals surface area contributed by atoms with Gasteiger partial charge in [-0.3, -0.25) is 14.6 Å². The molecule has 0 aliphatic rings. The van der Waals surface area contributed by atoms with Gasteiger partial charge >= 0.3 is 0 Å². The van der Waals surface area contributed by atoms with Crippen molar-refractivity contribution in [3.05, 3.63) is 78.1 Å². The second kappa shape index (κ2) is 7.35. The van der Waals surface area contributed by atoms with Gasteiger partial charge in [-0.2, -0.15) is 0 Å². The molecule has 7 nitrogen and oxygen atoms in total. The molecule has 0 radical (unpaired) electrons. The molecule has 7 heteroatoms. The summed E-state index contributed by atoms with van der Waals surface area (Å²) in [6, 6.07) is 13.5. The van der Waals surface area contributed by atoms with Crippen LogP contribution in [-0.4, -0.2) is 27.0 Å². The highest BCUT2D eigenvalue weighted by Gasteiger charge is 2.10. The van der Waals surface area contributed by atoms with Crippen LogP contribution in [0.2, 0.25) is 0 Å². The number of phenolic OH excluding ortho intramolecular Hbond substituents is 2. The molecule has 1 heterocycles. The second-order valence-corrected chi connectivity index (χ2v) is 5.47. The van der Waals surface area contributed by atoms with Gasteiger partial charge < -0.3 is 20.8 Å². The third-order valence-electron chi connectivity index (χ3n) is 3.49. The lowest BCUT2D eigenvalue weighted by Crippen LogP contribution is -2.13. The predicted octanol–water partition coefficient (Wildman–Crippen LogP) is 3.00. The lowest BCUT2D eigenvalue weighted by Gasteiger charge is -2.08. The summed E-state index contributed by atoms with van der Waals surface area (Å²) < 4.78 is 0. The van der Waals surface area contributed by atoms with E-state index in [1.165, 1.54) is 18.3 Å². The third-order valence-corrected chi connectivity index (χ3v) is 3.49. The average Bonchev–Trinajstić information content (AvgIpc) is 2.63. The van der Waals surface area contributed by atoms with E-state index >= 15 is 0 Å². The Morgan fingerprint density at radius 1 is 0.769 bits per heavy atom. The Morgan fingerprint density at radius 3 is 1.81 bits per heavy atom. The summed E-state index contributed by atoms with van der Waals surface area (Å²) >= 11 is 0. The van der Waals surface area contributed by atoms with Crippen molar-refractivity contribution in [3.63, 3.8) is 0 Å². The minimum absolute atomic E-state index is 0.122. The molecule has 0 bridgehead atoms. The standard InChI is InChI=1S/C19H15N3O4/c23-16-8-13(9-17(24)10-16)19(26)22-15-5-3-14(4-6-15)21-18(25)12-2-1-7-20-11-12/h1-11,23-24H,(H,21,25)(H,22,26). The van der Waals surface area contributed by atoms with Crippen LogP contribution >= 0.6 is 0 Å². The number of rotatable bonds is 4. The summed E-state index contributed by atoms with van der Waals surface area (Å²) in [4.78, 5) is 28.1. The number of hydrogen-bond acceptors (Lipinski definition) is 5. The van der Waals surface area contributed by atoms with Crippen LogP contribution < -0.4 is 10.6 Å². The van der Waals surface area contributed by atoms with E-state index in [1.807, 2.05) is 0 Å². The van der Waals surface area contributed by atoms with Gasteiger partial charge in [-0.15, -0.1) is 0 Å². The van der Waals surface area contributed by atoms with Crippen molar-refractivity contribution < 1.29 is 19.8 Å². The van der Waals surface area contributed by atoms with Crippen molar-refractivity contribution in [1.82, 2.24) is 4.98 Å². The van der Waals surface area contributed by atoms with Crippen LogP contribution in [0.5, 0.6) is 11.5 Å². The Hall–Kier alpha value is -3.87. The summed E-state index contributed by atoms with van der Waals surface area (Å²) in [5, 5.41) is 24.2. The van der Waals surface area contributed by atoms with Crippen LogP contribution in [0, 0.1) is 0 Å². The quantitative estimate of drug-likeness (QED) is 0.578. The molecule has 3 rings (SSSR count). The molecule has 0 fully saturated rings. The van der Waals surface area contributed by atoms with Crippen LogP contribution in [0.1, 0.15) is 20.7 Å². The first kappa shape index (κ1) is 17.0. The zero-order valence-electron chi connectivity index (χ0n) is 13.5. The molecule has 0 saturated heterocycles. The van der Waals surface area contributed by atoms with Crippen molar-refractivity contribution in [2.24, 2.45) is 0 Å². The zero-order chi connectivity index (χ0) is 18.5. The van der Waals surface area contributed by atoms with E-state index in [0.29, 0.717) is 16.9 Å². The van der Waals surface area contributed by atoms with Crippen LogP contribution in [0.25, 0.3) is 0 Å². The lowest BCUT2D eigenvalue weighted by molar-refractivity contribution is 0.101. The summed E-state index contributed by atoms with van der Waals surface area (Å²) in [6.45, 7) is 0. The fraction of sp³-hybridized carbons (Fsp3) is 0. The second-order valence-electron chi connectivity index (χ2n) is 5.47. The molecule has 2 aromatic carbocycles. The molecule has 0 aliphatic carbocycles. The largest absolute Gasteiger partial charge is 0.508 e. The molecule has 26 heavy (non-hydrogen) atoms. The fourth-order valence-corrected chi connectivity index (χ4v) is 2.27. The Labute approximate surface area is 149 Å². The van der Waals surface area contributed by atoms with Crippen LogP contribution in [0.15, 0.2) is 67.0 Å². The normalized spacial score (nSPS) is 10.2. The molecule has 4 N–H and O–H groups in total. The number of pyridine rings is 1. The summed E-state index contributed by atoms with van der Waals surface area (Å²) in [5.74, 6) is -1.18. The van der Waals surface area contributed by atoms with Crippen molar-refractivity contribution >= 4 is 23.2 Å². The van der Waals surface area contributed by atoms with Gasteiger partial charge in [-0.1, -0.05) is 0 Å². The van der Waals surface area contributed by atoms with Gasteiger partial charge in [0.2, 0.25) is 0 Å². The van der Waals surface area contributed by atoms with Crippen LogP contribution in [0.3, 0.4) is 0 Å². The molecule has 0 atom stereocenters. The highest BCUT2D eigenvalue weighted by molar-refractivity contribution is 6.06. The first-order valence-corrected chi connectivity index (χ1v) is 7.67. The Kier molecular flexibility index (Phi) is 4.80. The SMILES string of the molecule is O=C(Nc1ccc(NC(=O)c2cc(O)cc(O)c2)cc1)c1cccnc1. The van der Waals surface area contributed by atoms with Gasteiger partial charge in [0.25, 0.3) is 11.8 Å². The highest BCUT2D eigenvalue weighted by atomic mass is 16.3.